The molecule has 0 unspecified atom stereocenters. The van der Waals surface area contributed by atoms with Gasteiger partial charge in [0.15, 0.2) is 0 Å². The zero-order valence-electron chi connectivity index (χ0n) is 13.6. The van der Waals surface area contributed by atoms with Crippen LogP contribution in [-0.2, 0) is 14.8 Å². The van der Waals surface area contributed by atoms with Crippen LogP contribution < -0.4 is 14.8 Å². The van der Waals surface area contributed by atoms with Gasteiger partial charge in [-0.15, -0.1) is 0 Å². The van der Waals surface area contributed by atoms with Crippen LogP contribution in [0.2, 0.25) is 0 Å². The summed E-state index contributed by atoms with van der Waals surface area (Å²) >= 11 is 0.804. The van der Waals surface area contributed by atoms with E-state index in [1.165, 1.54) is 25.3 Å². The van der Waals surface area contributed by atoms with Crippen LogP contribution in [0, 0.1) is 0 Å². The van der Waals surface area contributed by atoms with Crippen molar-refractivity contribution in [2.24, 2.45) is 0 Å². The van der Waals surface area contributed by atoms with Crippen molar-refractivity contribution in [3.05, 3.63) is 59.0 Å². The van der Waals surface area contributed by atoms with E-state index in [4.69, 9.17) is 4.74 Å². The van der Waals surface area contributed by atoms with Gasteiger partial charge in [0.25, 0.3) is 21.2 Å². The number of nitrogens with one attached hydrogen (secondary N) is 2. The molecule has 2 N–H and O–H groups in total. The highest BCUT2D eigenvalue weighted by Crippen LogP contribution is 2.26. The first-order chi connectivity index (χ1) is 12.4. The van der Waals surface area contributed by atoms with Gasteiger partial charge in [-0.3, -0.25) is 19.6 Å². The van der Waals surface area contributed by atoms with E-state index < -0.39 is 21.2 Å². The van der Waals surface area contributed by atoms with Crippen LogP contribution in [0.15, 0.2) is 58.3 Å². The quantitative estimate of drug-likeness (QED) is 0.761. The second kappa shape index (κ2) is 7.22. The number of thioether (sulfide) groups is 1. The van der Waals surface area contributed by atoms with E-state index in [2.05, 4.69) is 10.0 Å². The van der Waals surface area contributed by atoms with Gasteiger partial charge in [0.2, 0.25) is 0 Å². The number of hydrogen-bond acceptors (Lipinski definition) is 6. The summed E-state index contributed by atoms with van der Waals surface area (Å²) in [6, 6.07) is 12.5. The Balaban J connectivity index is 1.77. The molecular weight excluding hydrogens is 376 g/mol. The molecule has 3 rings (SSSR count). The maximum absolute atomic E-state index is 12.4. The summed E-state index contributed by atoms with van der Waals surface area (Å²) in [6.45, 7) is 0. The molecule has 1 aliphatic heterocycles. The number of amides is 2. The molecule has 0 spiro atoms. The fourth-order valence-electron chi connectivity index (χ4n) is 2.19. The molecule has 1 saturated heterocycles. The lowest BCUT2D eigenvalue weighted by Gasteiger charge is -2.09. The van der Waals surface area contributed by atoms with Crippen LogP contribution in [0.3, 0.4) is 0 Å². The molecule has 1 aliphatic rings. The number of ether oxygens (including phenoxy) is 1. The second-order valence-electron chi connectivity index (χ2n) is 5.26. The van der Waals surface area contributed by atoms with Crippen molar-refractivity contribution in [3.8, 4) is 5.75 Å². The van der Waals surface area contributed by atoms with E-state index >= 15 is 0 Å². The monoisotopic (exact) mass is 390 g/mol. The summed E-state index contributed by atoms with van der Waals surface area (Å²) in [5.41, 5.74) is 1.02. The fourth-order valence-corrected chi connectivity index (χ4v) is 3.93. The van der Waals surface area contributed by atoms with Crippen LogP contribution >= 0.6 is 11.8 Å². The number of carbonyl (C=O) groups is 2. The van der Waals surface area contributed by atoms with Crippen LogP contribution in [0.1, 0.15) is 5.56 Å². The number of rotatable bonds is 5. The normalized spacial score (nSPS) is 15.8. The Kier molecular flexibility index (Phi) is 5.01. The number of anilines is 1. The maximum Gasteiger partial charge on any atom is 0.290 e. The number of hydrogen-bond donors (Lipinski definition) is 2. The first kappa shape index (κ1) is 18.0. The minimum atomic E-state index is -3.75. The van der Waals surface area contributed by atoms with Crippen molar-refractivity contribution >= 4 is 44.7 Å². The first-order valence-corrected chi connectivity index (χ1v) is 9.69. The number of imide groups is 1. The number of sulfonamides is 1. The third-order valence-corrected chi connectivity index (χ3v) is 5.68. The van der Waals surface area contributed by atoms with E-state index in [1.54, 1.807) is 36.4 Å². The molecule has 0 atom stereocenters. The molecule has 26 heavy (non-hydrogen) atoms. The Hall–Kier alpha value is -2.78. The summed E-state index contributed by atoms with van der Waals surface area (Å²) in [4.78, 5) is 23.0. The maximum atomic E-state index is 12.4. The van der Waals surface area contributed by atoms with Crippen molar-refractivity contribution in [3.63, 3.8) is 0 Å². The van der Waals surface area contributed by atoms with E-state index in [9.17, 15) is 18.0 Å². The molecular formula is C17H14N2O5S2. The van der Waals surface area contributed by atoms with Gasteiger partial charge >= 0.3 is 0 Å². The van der Waals surface area contributed by atoms with Crippen LogP contribution in [0.4, 0.5) is 10.5 Å². The first-order valence-electron chi connectivity index (χ1n) is 7.39. The number of methoxy groups -OCH3 is 1. The van der Waals surface area contributed by atoms with Crippen LogP contribution in [0.5, 0.6) is 5.75 Å². The largest absolute Gasteiger partial charge is 0.497 e. The molecule has 0 aromatic heterocycles. The molecule has 7 nitrogen and oxygen atoms in total. The van der Waals surface area contributed by atoms with E-state index in [-0.39, 0.29) is 9.80 Å². The van der Waals surface area contributed by atoms with Gasteiger partial charge in [0.1, 0.15) is 5.75 Å². The number of carbonyl (C=O) groups excluding carboxylic acids is 2. The van der Waals surface area contributed by atoms with Gasteiger partial charge in [0.05, 0.1) is 16.9 Å². The van der Waals surface area contributed by atoms with E-state index in [0.717, 1.165) is 11.8 Å². The van der Waals surface area contributed by atoms with Crippen LogP contribution in [0.25, 0.3) is 6.08 Å². The lowest BCUT2D eigenvalue weighted by Crippen LogP contribution is -2.17. The molecule has 2 aromatic rings. The minimum Gasteiger partial charge on any atom is -0.497 e. The standard InChI is InChI=1S/C17H14N2O5S2/c1-24-13-6-4-12(5-7-13)19-26(22,23)14-8-2-11(3-9-14)10-15-16(20)18-17(21)25-15/h2-10,19H,1H3,(H,18,20,21). The summed E-state index contributed by atoms with van der Waals surface area (Å²) in [6.07, 6.45) is 1.53. The molecule has 0 aliphatic carbocycles. The molecule has 1 heterocycles. The van der Waals surface area contributed by atoms with Gasteiger partial charge in [0, 0.05) is 5.69 Å². The highest BCUT2D eigenvalue weighted by atomic mass is 32.2. The summed E-state index contributed by atoms with van der Waals surface area (Å²) in [7, 11) is -2.22. The van der Waals surface area contributed by atoms with E-state index in [1.807, 2.05) is 0 Å². The lowest BCUT2D eigenvalue weighted by molar-refractivity contribution is -0.115. The topological polar surface area (TPSA) is 102 Å². The Morgan fingerprint density at radius 3 is 2.23 bits per heavy atom. The molecule has 0 saturated carbocycles. The fraction of sp³-hybridized carbons (Fsp3) is 0.0588. The third-order valence-electron chi connectivity index (χ3n) is 3.47. The third kappa shape index (κ3) is 4.06. The van der Waals surface area contributed by atoms with Crippen molar-refractivity contribution in [1.82, 2.24) is 5.32 Å². The van der Waals surface area contributed by atoms with Gasteiger partial charge in [-0.25, -0.2) is 8.42 Å². The Morgan fingerprint density at radius 2 is 1.69 bits per heavy atom. The SMILES string of the molecule is COc1ccc(NS(=O)(=O)c2ccc(C=C3SC(=O)NC3=O)cc2)cc1. The van der Waals surface area contributed by atoms with Crippen molar-refractivity contribution in [2.45, 2.75) is 4.90 Å². The predicted molar refractivity (Wildman–Crippen MR) is 99.4 cm³/mol. The van der Waals surface area contributed by atoms with Crippen molar-refractivity contribution < 1.29 is 22.7 Å². The summed E-state index contributed by atoms with van der Waals surface area (Å²) < 4.78 is 32.4. The van der Waals surface area contributed by atoms with Gasteiger partial charge in [-0.05, 0) is 59.8 Å². The minimum absolute atomic E-state index is 0.0788. The van der Waals surface area contributed by atoms with Crippen molar-refractivity contribution in [2.75, 3.05) is 11.8 Å². The average Bonchev–Trinajstić information content (AvgIpc) is 2.93. The zero-order valence-corrected chi connectivity index (χ0v) is 15.2. The predicted octanol–water partition coefficient (Wildman–Crippen LogP) is 2.82. The Morgan fingerprint density at radius 1 is 1.04 bits per heavy atom. The smallest absolute Gasteiger partial charge is 0.290 e. The molecule has 0 bridgehead atoms. The van der Waals surface area contributed by atoms with Gasteiger partial charge < -0.3 is 4.74 Å². The van der Waals surface area contributed by atoms with Gasteiger partial charge in [-0.1, -0.05) is 12.1 Å². The summed E-state index contributed by atoms with van der Waals surface area (Å²) in [5.74, 6) is 0.163. The molecule has 2 aromatic carbocycles. The molecule has 9 heteroatoms. The highest BCUT2D eigenvalue weighted by Gasteiger charge is 2.25. The average molecular weight is 390 g/mol. The lowest BCUT2D eigenvalue weighted by atomic mass is 10.2. The van der Waals surface area contributed by atoms with Crippen molar-refractivity contribution in [1.29, 1.82) is 0 Å². The number of benzene rings is 2. The van der Waals surface area contributed by atoms with Crippen LogP contribution in [-0.4, -0.2) is 26.7 Å². The highest BCUT2D eigenvalue weighted by molar-refractivity contribution is 8.18. The Labute approximate surface area is 154 Å². The Bertz CT molecular complexity index is 981. The van der Waals surface area contributed by atoms with E-state index in [0.29, 0.717) is 17.0 Å². The second-order valence-corrected chi connectivity index (χ2v) is 7.95. The van der Waals surface area contributed by atoms with Gasteiger partial charge in [-0.2, -0.15) is 0 Å². The summed E-state index contributed by atoms with van der Waals surface area (Å²) in [5, 5.41) is 1.73. The molecule has 1 fully saturated rings. The molecule has 134 valence electrons. The molecule has 0 radical (unpaired) electrons. The molecule has 2 amide bonds. The zero-order chi connectivity index (χ0) is 18.7.